The van der Waals surface area contributed by atoms with Crippen LogP contribution in [0.5, 0.6) is 5.75 Å². The summed E-state index contributed by atoms with van der Waals surface area (Å²) in [5, 5.41) is 8.99. The van der Waals surface area contributed by atoms with Gasteiger partial charge in [0, 0.05) is 23.7 Å². The standard InChI is InChI=1S/C14H5F6IOS/c15-13(16,17)7-4-8(21)11(14(18,19)20)12-10(7)6-2-1-5(22)3-9(6)23-12/h1-4,22H. The van der Waals surface area contributed by atoms with Crippen molar-refractivity contribution < 1.29 is 31.4 Å². The molecule has 23 heavy (non-hydrogen) atoms. The van der Waals surface area contributed by atoms with Gasteiger partial charge in [-0.2, -0.15) is 26.3 Å². The Labute approximate surface area is 142 Å². The van der Waals surface area contributed by atoms with Gasteiger partial charge in [-0.1, -0.05) is 0 Å². The topological polar surface area (TPSA) is 20.2 Å². The van der Waals surface area contributed by atoms with Gasteiger partial charge in [0.1, 0.15) is 5.75 Å². The average molecular weight is 462 g/mol. The van der Waals surface area contributed by atoms with Crippen molar-refractivity contribution in [1.82, 2.24) is 0 Å². The van der Waals surface area contributed by atoms with Crippen molar-refractivity contribution in [2.45, 2.75) is 12.4 Å². The highest BCUT2D eigenvalue weighted by molar-refractivity contribution is 14.1. The van der Waals surface area contributed by atoms with Crippen LogP contribution in [0.25, 0.3) is 20.2 Å². The lowest BCUT2D eigenvalue weighted by Gasteiger charge is -2.15. The smallest absolute Gasteiger partial charge is 0.418 e. The molecule has 0 saturated heterocycles. The lowest BCUT2D eigenvalue weighted by atomic mass is 10.0. The van der Waals surface area contributed by atoms with Gasteiger partial charge in [0.05, 0.1) is 11.1 Å². The van der Waals surface area contributed by atoms with E-state index in [1.165, 1.54) is 28.7 Å². The molecule has 0 aliphatic rings. The van der Waals surface area contributed by atoms with Gasteiger partial charge in [-0.25, -0.2) is 0 Å². The number of hydrogen-bond donors (Lipinski definition) is 1. The van der Waals surface area contributed by atoms with E-state index in [4.69, 9.17) is 0 Å². The summed E-state index contributed by atoms with van der Waals surface area (Å²) in [7, 11) is 0. The first-order valence-electron chi connectivity index (χ1n) is 6.02. The minimum absolute atomic E-state index is 0.0389. The lowest BCUT2D eigenvalue weighted by Crippen LogP contribution is -2.12. The van der Waals surface area contributed by atoms with Gasteiger partial charge in [-0.15, -0.1) is 11.3 Å². The fraction of sp³-hybridized carbons (Fsp3) is 0.143. The van der Waals surface area contributed by atoms with E-state index < -0.39 is 37.1 Å². The van der Waals surface area contributed by atoms with Crippen LogP contribution in [0.4, 0.5) is 26.3 Å². The molecule has 0 fully saturated rings. The quantitative estimate of drug-likeness (QED) is 0.303. The van der Waals surface area contributed by atoms with Gasteiger partial charge in [0.25, 0.3) is 0 Å². The molecule has 122 valence electrons. The molecule has 0 aliphatic heterocycles. The van der Waals surface area contributed by atoms with E-state index in [9.17, 15) is 31.4 Å². The second-order valence-electron chi connectivity index (χ2n) is 4.76. The molecular weight excluding hydrogens is 457 g/mol. The molecule has 0 saturated carbocycles. The molecule has 0 unspecified atom stereocenters. The van der Waals surface area contributed by atoms with E-state index in [1.807, 2.05) is 0 Å². The number of thiophene rings is 1. The number of phenolic OH excluding ortho intramolecular Hbond substituents is 1. The summed E-state index contributed by atoms with van der Waals surface area (Å²) in [5.74, 6) is -0.221. The molecule has 0 bridgehead atoms. The number of alkyl halides is 6. The lowest BCUT2D eigenvalue weighted by molar-refractivity contribution is -0.139. The fourth-order valence-electron chi connectivity index (χ4n) is 2.40. The molecule has 0 spiro atoms. The van der Waals surface area contributed by atoms with Gasteiger partial charge in [-0.3, -0.25) is 0 Å². The largest absolute Gasteiger partial charge is 0.508 e. The summed E-state index contributed by atoms with van der Waals surface area (Å²) in [4.78, 5) is 0. The Hall–Kier alpha value is -1.23. The average Bonchev–Trinajstić information content (AvgIpc) is 2.71. The molecule has 2 aromatic carbocycles. The van der Waals surface area contributed by atoms with Crippen LogP contribution in [-0.2, 0) is 12.4 Å². The van der Waals surface area contributed by atoms with Crippen LogP contribution >= 0.6 is 33.9 Å². The zero-order valence-corrected chi connectivity index (χ0v) is 13.8. The summed E-state index contributed by atoms with van der Waals surface area (Å²) >= 11 is 1.86. The van der Waals surface area contributed by atoms with Crippen molar-refractivity contribution in [1.29, 1.82) is 0 Å². The third kappa shape index (κ3) is 2.73. The summed E-state index contributed by atoms with van der Waals surface area (Å²) in [6.07, 6.45) is -9.56. The number of aromatic hydroxyl groups is 1. The second kappa shape index (κ2) is 5.13. The fourth-order valence-corrected chi connectivity index (χ4v) is 4.80. The maximum atomic E-state index is 13.3. The molecule has 0 radical (unpaired) electrons. The minimum atomic E-state index is -4.78. The third-order valence-electron chi connectivity index (χ3n) is 3.27. The maximum Gasteiger partial charge on any atom is 0.418 e. The first-order chi connectivity index (χ1) is 10.5. The molecular formula is C14H5F6IOS. The van der Waals surface area contributed by atoms with E-state index >= 15 is 0 Å². The maximum absolute atomic E-state index is 13.3. The molecule has 1 nitrogen and oxygen atoms in total. The first-order valence-corrected chi connectivity index (χ1v) is 7.92. The number of halogens is 7. The number of rotatable bonds is 0. The van der Waals surface area contributed by atoms with Crippen LogP contribution in [0, 0.1) is 3.57 Å². The Bertz CT molecular complexity index is 925. The Balaban J connectivity index is 2.59. The van der Waals surface area contributed by atoms with E-state index in [0.29, 0.717) is 17.4 Å². The SMILES string of the molecule is Oc1ccc2c(c1)sc1c(C(F)(F)F)c(I)cc(C(F)(F)F)c12. The zero-order valence-electron chi connectivity index (χ0n) is 10.8. The van der Waals surface area contributed by atoms with Crippen LogP contribution in [0.2, 0.25) is 0 Å². The van der Waals surface area contributed by atoms with Gasteiger partial charge >= 0.3 is 12.4 Å². The Morgan fingerprint density at radius 2 is 1.61 bits per heavy atom. The number of hydrogen-bond acceptors (Lipinski definition) is 2. The predicted octanol–water partition coefficient (Wildman–Crippen LogP) is 6.40. The van der Waals surface area contributed by atoms with Crippen molar-refractivity contribution in [2.24, 2.45) is 0 Å². The molecule has 9 heteroatoms. The van der Waals surface area contributed by atoms with Gasteiger partial charge in [-0.05, 0) is 46.9 Å². The van der Waals surface area contributed by atoms with Crippen LogP contribution in [0.1, 0.15) is 11.1 Å². The highest BCUT2D eigenvalue weighted by atomic mass is 127. The Morgan fingerprint density at radius 1 is 0.957 bits per heavy atom. The van der Waals surface area contributed by atoms with Crippen LogP contribution in [0.3, 0.4) is 0 Å². The number of fused-ring (bicyclic) bond motifs is 3. The molecule has 1 aromatic heterocycles. The molecule has 3 aromatic rings. The highest BCUT2D eigenvalue weighted by Gasteiger charge is 2.41. The molecule has 0 amide bonds. The van der Waals surface area contributed by atoms with Crippen molar-refractivity contribution in [3.63, 3.8) is 0 Å². The summed E-state index contributed by atoms with van der Waals surface area (Å²) < 4.78 is 78.9. The summed E-state index contributed by atoms with van der Waals surface area (Å²) in [5.41, 5.74) is -2.19. The predicted molar refractivity (Wildman–Crippen MR) is 83.7 cm³/mol. The Kier molecular flexibility index (Phi) is 3.71. The van der Waals surface area contributed by atoms with Gasteiger partial charge in [0.2, 0.25) is 0 Å². The van der Waals surface area contributed by atoms with E-state index in [0.717, 1.165) is 12.1 Å². The van der Waals surface area contributed by atoms with Crippen LogP contribution < -0.4 is 0 Å². The van der Waals surface area contributed by atoms with Crippen LogP contribution in [-0.4, -0.2) is 5.11 Å². The third-order valence-corrected chi connectivity index (χ3v) is 5.29. The number of benzene rings is 2. The van der Waals surface area contributed by atoms with Crippen molar-refractivity contribution >= 4 is 54.1 Å². The van der Waals surface area contributed by atoms with Gasteiger partial charge < -0.3 is 5.11 Å². The molecule has 1 heterocycles. The van der Waals surface area contributed by atoms with E-state index in [-0.39, 0.29) is 15.8 Å². The summed E-state index contributed by atoms with van der Waals surface area (Å²) in [6, 6.07) is 4.03. The molecule has 3 rings (SSSR count). The van der Waals surface area contributed by atoms with Crippen molar-refractivity contribution in [2.75, 3.05) is 0 Å². The highest BCUT2D eigenvalue weighted by Crippen LogP contribution is 2.49. The van der Waals surface area contributed by atoms with E-state index in [1.54, 1.807) is 0 Å². The van der Waals surface area contributed by atoms with Crippen LogP contribution in [0.15, 0.2) is 24.3 Å². The monoisotopic (exact) mass is 462 g/mol. The van der Waals surface area contributed by atoms with Crippen molar-refractivity contribution in [3.05, 3.63) is 39.0 Å². The Morgan fingerprint density at radius 3 is 2.17 bits per heavy atom. The minimum Gasteiger partial charge on any atom is -0.508 e. The first kappa shape index (κ1) is 16.6. The van der Waals surface area contributed by atoms with Crippen molar-refractivity contribution in [3.8, 4) is 5.75 Å². The normalized spacial score (nSPS) is 13.2. The molecule has 0 aliphatic carbocycles. The van der Waals surface area contributed by atoms with Gasteiger partial charge in [0.15, 0.2) is 0 Å². The summed E-state index contributed by atoms with van der Waals surface area (Å²) in [6.45, 7) is 0. The zero-order chi connectivity index (χ0) is 17.2. The second-order valence-corrected chi connectivity index (χ2v) is 6.98. The number of phenols is 1. The molecule has 0 atom stereocenters. The molecule has 1 N–H and O–H groups in total. The van der Waals surface area contributed by atoms with E-state index in [2.05, 4.69) is 0 Å².